The molecule has 0 rings (SSSR count). The Bertz CT molecular complexity index is 89.6. The fourth-order valence-electron chi connectivity index (χ4n) is 0.664. The molecule has 51 valence electrons. The molecular formula is C7H13NO+. The Kier molecular flexibility index (Phi) is 5.38. The van der Waals surface area contributed by atoms with Gasteiger partial charge in [-0.15, -0.1) is 0 Å². The summed E-state index contributed by atoms with van der Waals surface area (Å²) in [5.74, 6) is 0. The van der Waals surface area contributed by atoms with E-state index in [1.54, 1.807) is 4.90 Å². The quantitative estimate of drug-likeness (QED) is 0.412. The van der Waals surface area contributed by atoms with Gasteiger partial charge in [0.2, 0.25) is 0 Å². The van der Waals surface area contributed by atoms with Crippen molar-refractivity contribution in [2.24, 2.45) is 0 Å². The second kappa shape index (κ2) is 5.67. The van der Waals surface area contributed by atoms with Gasteiger partial charge in [0.1, 0.15) is 0 Å². The molecule has 0 aromatic heterocycles. The molecule has 2 heteroatoms. The normalized spacial score (nSPS) is 8.56. The Labute approximate surface area is 56.6 Å². The van der Waals surface area contributed by atoms with E-state index in [-0.39, 0.29) is 0 Å². The molecule has 0 saturated heterocycles. The van der Waals surface area contributed by atoms with Gasteiger partial charge in [-0.05, 0) is 0 Å². The molecule has 1 radical (unpaired) electrons. The van der Waals surface area contributed by atoms with Crippen LogP contribution in [0.5, 0.6) is 0 Å². The van der Waals surface area contributed by atoms with Crippen LogP contribution in [-0.2, 0) is 4.65 Å². The summed E-state index contributed by atoms with van der Waals surface area (Å²) in [7, 11) is 0. The Balaban J connectivity index is 3.32. The Morgan fingerprint density at radius 1 is 1.56 bits per heavy atom. The summed E-state index contributed by atoms with van der Waals surface area (Å²) in [5.41, 5.74) is 0. The summed E-state index contributed by atoms with van der Waals surface area (Å²) in [6.07, 6.45) is 3.62. The van der Waals surface area contributed by atoms with Gasteiger partial charge in [-0.2, -0.15) is 0 Å². The Morgan fingerprint density at radius 3 is 2.56 bits per heavy atom. The summed E-state index contributed by atoms with van der Waals surface area (Å²) in [6, 6.07) is 0. The minimum atomic E-state index is 0.733. The van der Waals surface area contributed by atoms with Crippen LogP contribution in [0.2, 0.25) is 0 Å². The molecule has 0 aliphatic rings. The first kappa shape index (κ1) is 8.54. The molecule has 2 nitrogen and oxygen atoms in total. The SMILES string of the molecule is [CH2]CCN(C#[O+])CCC. The van der Waals surface area contributed by atoms with Crippen molar-refractivity contribution in [3.63, 3.8) is 0 Å². The van der Waals surface area contributed by atoms with Crippen molar-refractivity contribution >= 4 is 0 Å². The standard InChI is InChI=1S/C7H13NO/c1-3-5-8(7-9)6-4-2/h1,3-6H2,2H3/q+1. The first-order valence-electron chi connectivity index (χ1n) is 3.27. The number of rotatable bonds is 4. The van der Waals surface area contributed by atoms with E-state index in [4.69, 9.17) is 0 Å². The molecule has 0 saturated carbocycles. The van der Waals surface area contributed by atoms with E-state index in [1.165, 1.54) is 0 Å². The van der Waals surface area contributed by atoms with E-state index >= 15 is 0 Å². The zero-order valence-electron chi connectivity index (χ0n) is 5.89. The third-order valence-electron chi connectivity index (χ3n) is 1.05. The maximum atomic E-state index is 10.1. The summed E-state index contributed by atoms with van der Waals surface area (Å²) in [4.78, 5) is 1.62. The van der Waals surface area contributed by atoms with Crippen molar-refractivity contribution in [1.82, 2.24) is 4.90 Å². The van der Waals surface area contributed by atoms with Crippen molar-refractivity contribution in [3.05, 3.63) is 6.92 Å². The van der Waals surface area contributed by atoms with Crippen LogP contribution in [0.3, 0.4) is 0 Å². The van der Waals surface area contributed by atoms with Crippen LogP contribution in [0.4, 0.5) is 0 Å². The summed E-state index contributed by atoms with van der Waals surface area (Å²) in [6.45, 7) is 7.21. The molecule has 0 fully saturated rings. The van der Waals surface area contributed by atoms with Crippen LogP contribution in [0.1, 0.15) is 19.8 Å². The van der Waals surface area contributed by atoms with Crippen molar-refractivity contribution in [2.45, 2.75) is 19.8 Å². The Hall–Kier alpha value is -0.460. The van der Waals surface area contributed by atoms with E-state index in [0.29, 0.717) is 0 Å². The predicted molar refractivity (Wildman–Crippen MR) is 36.4 cm³/mol. The molecule has 0 unspecified atom stereocenters. The third-order valence-corrected chi connectivity index (χ3v) is 1.05. The van der Waals surface area contributed by atoms with Gasteiger partial charge in [0.15, 0.2) is 0 Å². The molecule has 0 spiro atoms. The molecule has 0 N–H and O–H groups in total. The zero-order chi connectivity index (χ0) is 7.11. The summed E-state index contributed by atoms with van der Waals surface area (Å²) in [5, 5.41) is 0. The second-order valence-corrected chi connectivity index (χ2v) is 1.93. The van der Waals surface area contributed by atoms with Crippen molar-refractivity contribution in [1.29, 1.82) is 0 Å². The van der Waals surface area contributed by atoms with Gasteiger partial charge in [-0.3, -0.25) is 0 Å². The van der Waals surface area contributed by atoms with E-state index in [9.17, 15) is 4.65 Å². The van der Waals surface area contributed by atoms with Crippen LogP contribution in [0.25, 0.3) is 0 Å². The van der Waals surface area contributed by atoms with E-state index in [1.807, 2.05) is 13.2 Å². The van der Waals surface area contributed by atoms with Crippen LogP contribution in [-0.4, -0.2) is 18.0 Å². The molecule has 0 aliphatic carbocycles. The molecule has 0 heterocycles. The van der Waals surface area contributed by atoms with Gasteiger partial charge in [-0.1, -0.05) is 0 Å². The van der Waals surface area contributed by atoms with Crippen LogP contribution in [0, 0.1) is 13.2 Å². The Morgan fingerprint density at radius 2 is 2.22 bits per heavy atom. The first-order chi connectivity index (χ1) is 4.35. The van der Waals surface area contributed by atoms with Crippen LogP contribution in [0.15, 0.2) is 0 Å². The molecule has 0 aromatic rings. The van der Waals surface area contributed by atoms with Crippen LogP contribution < -0.4 is 0 Å². The third kappa shape index (κ3) is 4.07. The van der Waals surface area contributed by atoms with Gasteiger partial charge in [-0.25, -0.2) is 0 Å². The summed E-state index contributed by atoms with van der Waals surface area (Å²) >= 11 is 0. The predicted octanol–water partition coefficient (Wildman–Crippen LogP) is 1.27. The van der Waals surface area contributed by atoms with Crippen molar-refractivity contribution in [3.8, 4) is 6.27 Å². The van der Waals surface area contributed by atoms with Crippen molar-refractivity contribution in [2.75, 3.05) is 13.1 Å². The average molecular weight is 127 g/mol. The molecule has 0 bridgehead atoms. The zero-order valence-corrected chi connectivity index (χ0v) is 5.89. The van der Waals surface area contributed by atoms with E-state index < -0.39 is 0 Å². The average Bonchev–Trinajstić information content (AvgIpc) is 1.88. The molecule has 9 heavy (non-hydrogen) atoms. The molecule has 0 aromatic carbocycles. The maximum absolute atomic E-state index is 10.1. The minimum absolute atomic E-state index is 0.733. The molecular weight excluding hydrogens is 114 g/mol. The molecule has 0 atom stereocenters. The monoisotopic (exact) mass is 127 g/mol. The fourth-order valence-corrected chi connectivity index (χ4v) is 0.664. The number of hydrogen-bond acceptors (Lipinski definition) is 1. The van der Waals surface area contributed by atoms with Gasteiger partial charge < -0.3 is 0 Å². The topological polar surface area (TPSA) is 23.1 Å². The number of hydrogen-bond donors (Lipinski definition) is 0. The number of nitrogens with zero attached hydrogens (tertiary/aromatic N) is 1. The molecule has 0 amide bonds. The summed E-state index contributed by atoms with van der Waals surface area (Å²) < 4.78 is 10.1. The fraction of sp³-hybridized carbons (Fsp3) is 0.714. The van der Waals surface area contributed by atoms with E-state index in [2.05, 4.69) is 6.92 Å². The van der Waals surface area contributed by atoms with Crippen molar-refractivity contribution < 1.29 is 4.65 Å². The van der Waals surface area contributed by atoms with Crippen LogP contribution >= 0.6 is 0 Å². The van der Waals surface area contributed by atoms with Gasteiger partial charge >= 0.3 is 55.6 Å². The first-order valence-corrected chi connectivity index (χ1v) is 3.27. The van der Waals surface area contributed by atoms with Gasteiger partial charge in [0.05, 0.1) is 0 Å². The van der Waals surface area contributed by atoms with Gasteiger partial charge in [0.25, 0.3) is 0 Å². The second-order valence-electron chi connectivity index (χ2n) is 1.93. The van der Waals surface area contributed by atoms with Gasteiger partial charge in [0, 0.05) is 0 Å². The van der Waals surface area contributed by atoms with E-state index in [0.717, 1.165) is 25.9 Å². The molecule has 0 aliphatic heterocycles.